The molecule has 202 valence electrons. The first-order valence-electron chi connectivity index (χ1n) is 10.7. The van der Waals surface area contributed by atoms with Crippen molar-refractivity contribution in [1.82, 2.24) is 24.6 Å². The van der Waals surface area contributed by atoms with E-state index in [0.29, 0.717) is 10.5 Å². The molecule has 16 heteroatoms. The molecule has 1 N–H and O–H groups in total. The van der Waals surface area contributed by atoms with Crippen molar-refractivity contribution in [2.75, 3.05) is 6.54 Å². The molecule has 3 aromatic rings. The van der Waals surface area contributed by atoms with Crippen molar-refractivity contribution in [2.45, 2.75) is 36.0 Å². The highest BCUT2D eigenvalue weighted by molar-refractivity contribution is 7.89. The summed E-state index contributed by atoms with van der Waals surface area (Å²) >= 11 is 0. The summed E-state index contributed by atoms with van der Waals surface area (Å²) in [5.41, 5.74) is -0.318. The molecule has 4 rings (SSSR count). The largest absolute Gasteiger partial charge is 0.451 e. The molecule has 2 aromatic heterocycles. The third-order valence-corrected chi connectivity index (χ3v) is 7.45. The van der Waals surface area contributed by atoms with Crippen LogP contribution in [-0.2, 0) is 27.5 Å². The first kappa shape index (κ1) is 27.4. The fraction of sp³-hybridized carbons (Fsp3) is 0.273. The number of carbonyl (C=O) groups is 1. The Morgan fingerprint density at radius 2 is 1.66 bits per heavy atom. The first-order chi connectivity index (χ1) is 17.8. The maximum atomic E-state index is 14.6. The normalized spacial score (nSPS) is 20.4. The lowest BCUT2D eigenvalue weighted by Crippen LogP contribution is -2.49. The molecular formula is C22H16F7N5O3S. The van der Waals surface area contributed by atoms with Gasteiger partial charge in [0.2, 0.25) is 21.8 Å². The second-order valence-electron chi connectivity index (χ2n) is 8.11. The minimum atomic E-state index is -4.78. The molecule has 0 radical (unpaired) electrons. The zero-order valence-corrected chi connectivity index (χ0v) is 19.6. The highest BCUT2D eigenvalue weighted by atomic mass is 32.2. The molecule has 0 unspecified atom stereocenters. The summed E-state index contributed by atoms with van der Waals surface area (Å²) in [6, 6.07) is 2.31. The van der Waals surface area contributed by atoms with Crippen molar-refractivity contribution in [2.24, 2.45) is 0 Å². The van der Waals surface area contributed by atoms with E-state index in [1.165, 1.54) is 0 Å². The van der Waals surface area contributed by atoms with E-state index in [2.05, 4.69) is 20.3 Å². The Bertz CT molecular complexity index is 1440. The minimum absolute atomic E-state index is 0.0120. The number of hydrogen-bond donors (Lipinski definition) is 1. The van der Waals surface area contributed by atoms with Gasteiger partial charge in [0.25, 0.3) is 0 Å². The maximum absolute atomic E-state index is 14.6. The topological polar surface area (TPSA) is 105 Å². The summed E-state index contributed by atoms with van der Waals surface area (Å²) in [5.74, 6) is -4.39. The lowest BCUT2D eigenvalue weighted by Gasteiger charge is -2.24. The van der Waals surface area contributed by atoms with Gasteiger partial charge in [-0.2, -0.15) is 17.5 Å². The van der Waals surface area contributed by atoms with Crippen LogP contribution in [0.5, 0.6) is 0 Å². The second kappa shape index (κ2) is 10.2. The number of rotatable bonds is 6. The smallest absolute Gasteiger partial charge is 0.350 e. The van der Waals surface area contributed by atoms with E-state index in [0.717, 1.165) is 42.7 Å². The first-order valence-corrected chi connectivity index (χ1v) is 12.1. The second-order valence-corrected chi connectivity index (χ2v) is 10.00. The Kier molecular flexibility index (Phi) is 7.38. The molecule has 8 nitrogen and oxygen atoms in total. The van der Waals surface area contributed by atoms with Gasteiger partial charge < -0.3 is 5.32 Å². The molecule has 1 aliphatic heterocycles. The Balaban J connectivity index is 1.53. The molecule has 0 aliphatic carbocycles. The monoisotopic (exact) mass is 563 g/mol. The molecule has 1 aliphatic rings. The van der Waals surface area contributed by atoms with Crippen LogP contribution in [0.3, 0.4) is 0 Å². The van der Waals surface area contributed by atoms with Gasteiger partial charge in [0, 0.05) is 36.6 Å². The van der Waals surface area contributed by atoms with E-state index in [-0.39, 0.29) is 16.8 Å². The van der Waals surface area contributed by atoms with Gasteiger partial charge in [0.15, 0.2) is 6.17 Å². The number of pyridine rings is 1. The number of halogens is 7. The third kappa shape index (κ3) is 5.45. The van der Waals surface area contributed by atoms with Crippen LogP contribution in [0, 0.1) is 11.6 Å². The molecule has 0 spiro atoms. The summed E-state index contributed by atoms with van der Waals surface area (Å²) in [6.07, 6.45) is -7.34. The molecule has 1 amide bonds. The molecule has 3 heterocycles. The number of nitrogens with zero attached hydrogens (tertiary/aromatic N) is 4. The molecule has 38 heavy (non-hydrogen) atoms. The summed E-state index contributed by atoms with van der Waals surface area (Å²) in [5, 5.41) is 2.14. The lowest BCUT2D eigenvalue weighted by atomic mass is 10.1. The molecule has 1 aromatic carbocycles. The molecular weight excluding hydrogens is 547 g/mol. The van der Waals surface area contributed by atoms with Gasteiger partial charge >= 0.3 is 6.18 Å². The number of hydrogen-bond acceptors (Lipinski definition) is 6. The Labute approximate surface area is 210 Å². The van der Waals surface area contributed by atoms with Crippen molar-refractivity contribution in [3.63, 3.8) is 0 Å². The van der Waals surface area contributed by atoms with Gasteiger partial charge in [0.1, 0.15) is 23.8 Å². The SMILES string of the molecule is O=C(NCc1cc(-c2cnc(C(F)(F)F)nc2)ncc1F)[C@@H]1[C@H](F)[C@H](F)CN1S(=O)(=O)c1ccc(F)cc1. The van der Waals surface area contributed by atoms with Gasteiger partial charge in [0.05, 0.1) is 16.8 Å². The number of nitrogens with one attached hydrogen (secondary N) is 1. The van der Waals surface area contributed by atoms with Gasteiger partial charge in [-0.25, -0.2) is 35.9 Å². The number of aromatic nitrogens is 3. The summed E-state index contributed by atoms with van der Waals surface area (Å²) in [7, 11) is -4.62. The van der Waals surface area contributed by atoms with E-state index in [1.54, 1.807) is 0 Å². The summed E-state index contributed by atoms with van der Waals surface area (Å²) < 4.78 is 120. The van der Waals surface area contributed by atoms with Crippen molar-refractivity contribution in [3.8, 4) is 11.3 Å². The van der Waals surface area contributed by atoms with E-state index < -0.39 is 75.9 Å². The Morgan fingerprint density at radius 3 is 2.26 bits per heavy atom. The highest BCUT2D eigenvalue weighted by Crippen LogP contribution is 2.31. The van der Waals surface area contributed by atoms with Crippen LogP contribution < -0.4 is 5.32 Å². The lowest BCUT2D eigenvalue weighted by molar-refractivity contribution is -0.145. The van der Waals surface area contributed by atoms with E-state index in [1.807, 2.05) is 0 Å². The van der Waals surface area contributed by atoms with Crippen molar-refractivity contribution in [1.29, 1.82) is 0 Å². The quantitative estimate of drug-likeness (QED) is 0.462. The van der Waals surface area contributed by atoms with E-state index in [9.17, 15) is 43.9 Å². The van der Waals surface area contributed by atoms with Crippen LogP contribution in [0.25, 0.3) is 11.3 Å². The number of alkyl halides is 5. The number of benzene rings is 1. The van der Waals surface area contributed by atoms with Crippen LogP contribution in [0.15, 0.2) is 53.8 Å². The predicted octanol–water partition coefficient (Wildman–Crippen LogP) is 3.20. The van der Waals surface area contributed by atoms with Crippen molar-refractivity contribution in [3.05, 3.63) is 71.9 Å². The van der Waals surface area contributed by atoms with Gasteiger partial charge in [-0.15, -0.1) is 0 Å². The molecule has 3 atom stereocenters. The van der Waals surface area contributed by atoms with Crippen LogP contribution in [0.4, 0.5) is 30.7 Å². The average Bonchev–Trinajstić information content (AvgIpc) is 3.18. The highest BCUT2D eigenvalue weighted by Gasteiger charge is 2.52. The molecule has 0 bridgehead atoms. The molecule has 1 fully saturated rings. The van der Waals surface area contributed by atoms with Crippen molar-refractivity contribution < 1.29 is 43.9 Å². The third-order valence-electron chi connectivity index (χ3n) is 5.59. The van der Waals surface area contributed by atoms with E-state index >= 15 is 0 Å². The zero-order valence-electron chi connectivity index (χ0n) is 18.8. The average molecular weight is 563 g/mol. The summed E-state index contributed by atoms with van der Waals surface area (Å²) in [6.45, 7) is -1.62. The maximum Gasteiger partial charge on any atom is 0.451 e. The Morgan fingerprint density at radius 1 is 1.03 bits per heavy atom. The number of carbonyl (C=O) groups excluding carboxylic acids is 1. The van der Waals surface area contributed by atoms with Crippen LogP contribution in [-0.4, -0.2) is 58.5 Å². The van der Waals surface area contributed by atoms with E-state index in [4.69, 9.17) is 0 Å². The van der Waals surface area contributed by atoms with Crippen LogP contribution >= 0.6 is 0 Å². The fourth-order valence-electron chi connectivity index (χ4n) is 3.68. The minimum Gasteiger partial charge on any atom is -0.350 e. The number of amides is 1. The summed E-state index contributed by atoms with van der Waals surface area (Å²) in [4.78, 5) is 22.4. The van der Waals surface area contributed by atoms with Crippen LogP contribution in [0.2, 0.25) is 0 Å². The Hall–Kier alpha value is -3.66. The molecule has 0 saturated carbocycles. The predicted molar refractivity (Wildman–Crippen MR) is 116 cm³/mol. The van der Waals surface area contributed by atoms with Gasteiger partial charge in [-0.05, 0) is 30.3 Å². The number of sulfonamides is 1. The van der Waals surface area contributed by atoms with Crippen LogP contribution in [0.1, 0.15) is 11.4 Å². The van der Waals surface area contributed by atoms with Crippen molar-refractivity contribution >= 4 is 15.9 Å². The van der Waals surface area contributed by atoms with Gasteiger partial charge in [-0.1, -0.05) is 0 Å². The molecule has 1 saturated heterocycles. The fourth-order valence-corrected chi connectivity index (χ4v) is 5.28. The van der Waals surface area contributed by atoms with Gasteiger partial charge in [-0.3, -0.25) is 9.78 Å². The zero-order chi connectivity index (χ0) is 27.8. The standard InChI is InChI=1S/C22H16F7N5O3S/c23-13-1-3-14(4-2-13)38(36,37)34-10-16(25)18(26)19(34)20(35)31-6-11-5-17(30-9-15(11)24)12-7-32-21(33-8-12)22(27,28)29/h1-5,7-9,16,18-19H,6,10H2,(H,31,35)/t16-,18-,19+/m1/s1.